The summed E-state index contributed by atoms with van der Waals surface area (Å²) in [6.45, 7) is 6.35. The molecule has 23 heavy (non-hydrogen) atoms. The molecule has 0 spiro atoms. The Morgan fingerprint density at radius 3 is 2.83 bits per heavy atom. The van der Waals surface area contributed by atoms with E-state index in [0.29, 0.717) is 5.92 Å². The Labute approximate surface area is 145 Å². The Morgan fingerprint density at radius 1 is 1.35 bits per heavy atom. The minimum atomic E-state index is 0. The van der Waals surface area contributed by atoms with Gasteiger partial charge in [0, 0.05) is 19.1 Å². The molecule has 2 aliphatic rings. The van der Waals surface area contributed by atoms with Crippen molar-refractivity contribution in [3.63, 3.8) is 0 Å². The first-order valence-corrected chi connectivity index (χ1v) is 8.52. The van der Waals surface area contributed by atoms with E-state index in [1.807, 2.05) is 0 Å². The second-order valence-corrected chi connectivity index (χ2v) is 6.72. The van der Waals surface area contributed by atoms with Crippen LogP contribution in [0.4, 0.5) is 0 Å². The summed E-state index contributed by atoms with van der Waals surface area (Å²) < 4.78 is 0. The third kappa shape index (κ3) is 4.93. The van der Waals surface area contributed by atoms with Crippen molar-refractivity contribution in [1.82, 2.24) is 15.5 Å². The van der Waals surface area contributed by atoms with Crippen LogP contribution in [0.5, 0.6) is 0 Å². The molecule has 3 rings (SSSR count). The van der Waals surface area contributed by atoms with E-state index in [1.54, 1.807) is 0 Å². The summed E-state index contributed by atoms with van der Waals surface area (Å²) >= 11 is 0. The van der Waals surface area contributed by atoms with Crippen molar-refractivity contribution in [1.29, 1.82) is 0 Å². The van der Waals surface area contributed by atoms with E-state index < -0.39 is 0 Å². The van der Waals surface area contributed by atoms with Gasteiger partial charge in [0.05, 0.1) is 6.04 Å². The molecule has 2 aliphatic heterocycles. The lowest BCUT2D eigenvalue weighted by atomic mass is 10.00. The van der Waals surface area contributed by atoms with E-state index in [4.69, 9.17) is 0 Å². The highest BCUT2D eigenvalue weighted by molar-refractivity contribution is 5.85. The second-order valence-electron chi connectivity index (χ2n) is 6.72. The van der Waals surface area contributed by atoms with Gasteiger partial charge in [0.15, 0.2) is 0 Å². The molecule has 4 nitrogen and oxygen atoms in total. The van der Waals surface area contributed by atoms with Crippen molar-refractivity contribution >= 4 is 18.3 Å². The zero-order valence-corrected chi connectivity index (χ0v) is 14.6. The molecule has 3 atom stereocenters. The highest BCUT2D eigenvalue weighted by atomic mass is 35.5. The van der Waals surface area contributed by atoms with Gasteiger partial charge in [-0.15, -0.1) is 12.4 Å². The van der Waals surface area contributed by atoms with E-state index in [9.17, 15) is 4.79 Å². The molecule has 1 amide bonds. The lowest BCUT2D eigenvalue weighted by Gasteiger charge is -2.23. The normalized spacial score (nSPS) is 25.8. The van der Waals surface area contributed by atoms with Gasteiger partial charge in [-0.2, -0.15) is 0 Å². The summed E-state index contributed by atoms with van der Waals surface area (Å²) in [6.07, 6.45) is 3.26. The smallest absolute Gasteiger partial charge is 0.237 e. The fraction of sp³-hybridized carbons (Fsp3) is 0.611. The first-order valence-electron chi connectivity index (χ1n) is 8.52. The zero-order valence-electron chi connectivity index (χ0n) is 13.8. The fourth-order valence-electron chi connectivity index (χ4n) is 3.61. The number of carbonyl (C=O) groups is 1. The average molecular weight is 338 g/mol. The van der Waals surface area contributed by atoms with Crippen molar-refractivity contribution in [2.75, 3.05) is 19.6 Å². The van der Waals surface area contributed by atoms with Crippen LogP contribution in [-0.4, -0.2) is 42.5 Å². The molecule has 0 aromatic heterocycles. The highest BCUT2D eigenvalue weighted by Crippen LogP contribution is 2.22. The van der Waals surface area contributed by atoms with Crippen molar-refractivity contribution in [2.45, 2.75) is 44.8 Å². The van der Waals surface area contributed by atoms with E-state index in [0.717, 1.165) is 39.0 Å². The van der Waals surface area contributed by atoms with Crippen LogP contribution in [0, 0.1) is 5.92 Å². The molecular weight excluding hydrogens is 310 g/mol. The number of rotatable bonds is 5. The van der Waals surface area contributed by atoms with Crippen LogP contribution >= 0.6 is 12.4 Å². The van der Waals surface area contributed by atoms with Crippen LogP contribution in [0.2, 0.25) is 0 Å². The van der Waals surface area contributed by atoms with Crippen LogP contribution in [0.25, 0.3) is 0 Å². The Morgan fingerprint density at radius 2 is 2.13 bits per heavy atom. The van der Waals surface area contributed by atoms with Crippen LogP contribution < -0.4 is 10.6 Å². The molecule has 3 unspecified atom stereocenters. The van der Waals surface area contributed by atoms with Gasteiger partial charge in [-0.25, -0.2) is 0 Å². The Hall–Kier alpha value is -1.10. The number of likely N-dealkylation sites (tertiary alicyclic amines) is 1. The summed E-state index contributed by atoms with van der Waals surface area (Å²) in [5.41, 5.74) is 1.37. The third-order valence-corrected chi connectivity index (χ3v) is 5.01. The highest BCUT2D eigenvalue weighted by Gasteiger charge is 2.30. The first kappa shape index (κ1) is 18.2. The van der Waals surface area contributed by atoms with E-state index in [2.05, 4.69) is 52.8 Å². The predicted octanol–water partition coefficient (Wildman–Crippen LogP) is 2.19. The largest absolute Gasteiger partial charge is 0.352 e. The van der Waals surface area contributed by atoms with Crippen molar-refractivity contribution < 1.29 is 4.79 Å². The third-order valence-electron chi connectivity index (χ3n) is 5.01. The van der Waals surface area contributed by atoms with Crippen molar-refractivity contribution in [3.05, 3.63) is 35.9 Å². The number of hydrogen-bond donors (Lipinski definition) is 2. The van der Waals surface area contributed by atoms with Gasteiger partial charge >= 0.3 is 0 Å². The molecule has 0 aliphatic carbocycles. The number of nitrogens with one attached hydrogen (secondary N) is 2. The summed E-state index contributed by atoms with van der Waals surface area (Å²) in [7, 11) is 0. The maximum absolute atomic E-state index is 12.2. The number of amides is 1. The molecule has 0 radical (unpaired) electrons. The molecule has 1 aromatic carbocycles. The second kappa shape index (κ2) is 8.67. The zero-order chi connectivity index (χ0) is 15.4. The van der Waals surface area contributed by atoms with E-state index in [1.165, 1.54) is 12.0 Å². The van der Waals surface area contributed by atoms with Gasteiger partial charge < -0.3 is 10.6 Å². The molecule has 0 bridgehead atoms. The molecule has 1 aromatic rings. The van der Waals surface area contributed by atoms with Crippen LogP contribution in [0.1, 0.15) is 31.7 Å². The quantitative estimate of drug-likeness (QED) is 0.865. The van der Waals surface area contributed by atoms with E-state index >= 15 is 0 Å². The number of benzene rings is 1. The first-order chi connectivity index (χ1) is 10.7. The summed E-state index contributed by atoms with van der Waals surface area (Å²) in [4.78, 5) is 14.7. The van der Waals surface area contributed by atoms with Crippen molar-refractivity contribution in [3.8, 4) is 0 Å². The van der Waals surface area contributed by atoms with Crippen LogP contribution in [-0.2, 0) is 11.3 Å². The van der Waals surface area contributed by atoms with Gasteiger partial charge in [-0.3, -0.25) is 9.69 Å². The average Bonchev–Trinajstić information content (AvgIpc) is 3.19. The van der Waals surface area contributed by atoms with Gasteiger partial charge in [0.2, 0.25) is 5.91 Å². The Bertz CT molecular complexity index is 490. The monoisotopic (exact) mass is 337 g/mol. The molecular formula is C18H28ClN3O. The van der Waals surface area contributed by atoms with Gasteiger partial charge in [-0.1, -0.05) is 30.3 Å². The molecule has 0 saturated carbocycles. The number of hydrogen-bond acceptors (Lipinski definition) is 3. The van der Waals surface area contributed by atoms with Gasteiger partial charge in [0.1, 0.15) is 0 Å². The summed E-state index contributed by atoms with van der Waals surface area (Å²) in [5, 5.41) is 6.49. The van der Waals surface area contributed by atoms with E-state index in [-0.39, 0.29) is 30.4 Å². The topological polar surface area (TPSA) is 44.4 Å². The lowest BCUT2D eigenvalue weighted by molar-refractivity contribution is -0.123. The lowest BCUT2D eigenvalue weighted by Crippen LogP contribution is -2.47. The maximum atomic E-state index is 12.2. The SMILES string of the molecule is CC(NC(=O)C1CCCN1)C1CCN(Cc2ccccc2)C1.Cl. The number of nitrogens with zero attached hydrogens (tertiary/aromatic N) is 1. The minimum absolute atomic E-state index is 0. The molecule has 2 heterocycles. The van der Waals surface area contributed by atoms with Gasteiger partial charge in [-0.05, 0) is 50.8 Å². The van der Waals surface area contributed by atoms with Crippen molar-refractivity contribution in [2.24, 2.45) is 5.92 Å². The minimum Gasteiger partial charge on any atom is -0.352 e. The summed E-state index contributed by atoms with van der Waals surface area (Å²) in [5.74, 6) is 0.751. The summed E-state index contributed by atoms with van der Waals surface area (Å²) in [6, 6.07) is 10.9. The standard InChI is InChI=1S/C18H27N3O.ClH/c1-14(20-18(22)17-8-5-10-19-17)16-9-11-21(13-16)12-15-6-3-2-4-7-15;/h2-4,6-7,14,16-17,19H,5,8-13H2,1H3,(H,20,22);1H. The fourth-order valence-corrected chi connectivity index (χ4v) is 3.61. The molecule has 128 valence electrons. The van der Waals surface area contributed by atoms with Gasteiger partial charge in [0.25, 0.3) is 0 Å². The Kier molecular flexibility index (Phi) is 6.88. The van der Waals surface area contributed by atoms with Crippen LogP contribution in [0.15, 0.2) is 30.3 Å². The van der Waals surface area contributed by atoms with Crippen LogP contribution in [0.3, 0.4) is 0 Å². The Balaban J connectivity index is 0.00000192. The molecule has 5 heteroatoms. The number of carbonyl (C=O) groups excluding carboxylic acids is 1. The number of halogens is 1. The molecule has 2 saturated heterocycles. The molecule has 2 N–H and O–H groups in total. The maximum Gasteiger partial charge on any atom is 0.237 e. The predicted molar refractivity (Wildman–Crippen MR) is 95.7 cm³/mol. The molecule has 2 fully saturated rings.